The van der Waals surface area contributed by atoms with E-state index in [0.29, 0.717) is 0 Å². The number of carbonyl (C=O) groups excluding carboxylic acids is 4. The van der Waals surface area contributed by atoms with Crippen LogP contribution in [0.3, 0.4) is 0 Å². The Kier molecular flexibility index (Phi) is 19.9. The third-order valence-electron chi connectivity index (χ3n) is 13.3. The summed E-state index contributed by atoms with van der Waals surface area (Å²) in [5.74, 6) is -7.97. The third-order valence-corrected chi connectivity index (χ3v) is 13.3. The third kappa shape index (κ3) is 11.9. The predicted molar refractivity (Wildman–Crippen MR) is 223 cm³/mol. The summed E-state index contributed by atoms with van der Waals surface area (Å²) in [6.45, 7) is 2.16. The summed E-state index contributed by atoms with van der Waals surface area (Å²) in [4.78, 5) is 53.5. The van der Waals surface area contributed by atoms with E-state index in [0.717, 1.165) is 26.7 Å². The van der Waals surface area contributed by atoms with Crippen LogP contribution < -0.4 is 0 Å². The molecule has 5 aliphatic rings. The molecule has 24 heteroatoms. The van der Waals surface area contributed by atoms with Crippen molar-refractivity contribution in [1.82, 2.24) is 0 Å². The summed E-state index contributed by atoms with van der Waals surface area (Å²) < 4.78 is 55.5. The summed E-state index contributed by atoms with van der Waals surface area (Å²) in [5.41, 5.74) is 0.168. The lowest BCUT2D eigenvalue weighted by Crippen LogP contribution is -2.60. The van der Waals surface area contributed by atoms with Gasteiger partial charge in [0, 0.05) is 48.0 Å². The molecule has 4 heterocycles. The molecular formula is C44H64O24. The Morgan fingerprint density at radius 3 is 1.51 bits per heavy atom. The smallest absolute Gasteiger partial charge is 0.337 e. The molecule has 384 valence electrons. The molecule has 0 bridgehead atoms. The molecule has 0 amide bonds. The van der Waals surface area contributed by atoms with E-state index in [-0.39, 0.29) is 35.3 Å². The number of ether oxygens (including phenoxy) is 10. The van der Waals surface area contributed by atoms with Crippen molar-refractivity contribution in [2.75, 3.05) is 47.3 Å². The first-order chi connectivity index (χ1) is 32.4. The second kappa shape index (κ2) is 24.6. The Balaban J connectivity index is 1.29. The number of esters is 4. The molecule has 1 aliphatic carbocycles. The minimum atomic E-state index is -1.80. The van der Waals surface area contributed by atoms with E-state index in [1.54, 1.807) is 20.8 Å². The van der Waals surface area contributed by atoms with Crippen LogP contribution in [0.15, 0.2) is 47.0 Å². The Morgan fingerprint density at radius 2 is 1.12 bits per heavy atom. The second-order valence-electron chi connectivity index (χ2n) is 17.1. The van der Waals surface area contributed by atoms with Gasteiger partial charge in [0.05, 0.1) is 70.6 Å². The molecule has 3 fully saturated rings. The van der Waals surface area contributed by atoms with Crippen LogP contribution in [0.2, 0.25) is 0 Å². The number of methoxy groups -OCH3 is 2. The van der Waals surface area contributed by atoms with Gasteiger partial charge in [0.1, 0.15) is 54.9 Å². The molecule has 1 saturated carbocycles. The van der Waals surface area contributed by atoms with E-state index in [4.69, 9.17) is 47.4 Å². The Labute approximate surface area is 390 Å². The fourth-order valence-corrected chi connectivity index (χ4v) is 9.27. The molecule has 24 nitrogen and oxygen atoms in total. The maximum atomic E-state index is 13.9. The highest BCUT2D eigenvalue weighted by Gasteiger charge is 2.50. The zero-order chi connectivity index (χ0) is 50.1. The molecule has 0 radical (unpaired) electrons. The van der Waals surface area contributed by atoms with Crippen LogP contribution in [0.4, 0.5) is 0 Å². The normalized spacial score (nSPS) is 38.5. The lowest BCUT2D eigenvalue weighted by molar-refractivity contribution is -0.327. The molecular weight excluding hydrogens is 912 g/mol. The van der Waals surface area contributed by atoms with Crippen molar-refractivity contribution in [2.24, 2.45) is 35.5 Å². The first-order valence-corrected chi connectivity index (χ1v) is 22.1. The summed E-state index contributed by atoms with van der Waals surface area (Å²) in [6, 6.07) is 0. The molecule has 2 saturated heterocycles. The number of rotatable bonds is 18. The van der Waals surface area contributed by atoms with Crippen LogP contribution >= 0.6 is 0 Å². The van der Waals surface area contributed by atoms with Crippen LogP contribution in [0.5, 0.6) is 0 Å². The fourth-order valence-electron chi connectivity index (χ4n) is 9.27. The van der Waals surface area contributed by atoms with Crippen molar-refractivity contribution < 1.29 is 118 Å². The van der Waals surface area contributed by atoms with Crippen LogP contribution in [0.1, 0.15) is 40.0 Å². The van der Waals surface area contributed by atoms with Crippen molar-refractivity contribution in [2.45, 2.75) is 120 Å². The van der Waals surface area contributed by atoms with Gasteiger partial charge in [0.2, 0.25) is 12.6 Å². The number of carbonyl (C=O) groups is 4. The number of allylic oxidation sites excluding steroid dienone is 2. The van der Waals surface area contributed by atoms with Gasteiger partial charge in [-0.3, -0.25) is 9.59 Å². The maximum Gasteiger partial charge on any atom is 0.337 e. The van der Waals surface area contributed by atoms with Gasteiger partial charge in [-0.2, -0.15) is 0 Å². The molecule has 0 aromatic rings. The van der Waals surface area contributed by atoms with E-state index in [1.807, 2.05) is 0 Å². The summed E-state index contributed by atoms with van der Waals surface area (Å²) in [7, 11) is 2.23. The van der Waals surface area contributed by atoms with Gasteiger partial charge in [-0.05, 0) is 32.1 Å². The van der Waals surface area contributed by atoms with Crippen molar-refractivity contribution in [3.05, 3.63) is 47.0 Å². The summed E-state index contributed by atoms with van der Waals surface area (Å²) in [5, 5.41) is 102. The van der Waals surface area contributed by atoms with Gasteiger partial charge >= 0.3 is 23.9 Å². The highest BCUT2D eigenvalue weighted by molar-refractivity contribution is 5.91. The molecule has 68 heavy (non-hydrogen) atoms. The van der Waals surface area contributed by atoms with Crippen LogP contribution in [-0.2, 0) is 66.5 Å². The molecule has 4 aliphatic heterocycles. The summed E-state index contributed by atoms with van der Waals surface area (Å²) in [6.07, 6.45) is -15.9. The zero-order valence-electron chi connectivity index (χ0n) is 38.1. The molecule has 0 spiro atoms. The van der Waals surface area contributed by atoms with E-state index < -0.39 is 179 Å². The van der Waals surface area contributed by atoms with Crippen molar-refractivity contribution in [3.63, 3.8) is 0 Å². The van der Waals surface area contributed by atoms with E-state index in [1.165, 1.54) is 12.2 Å². The van der Waals surface area contributed by atoms with Crippen LogP contribution in [0, 0.1) is 35.5 Å². The second-order valence-corrected chi connectivity index (χ2v) is 17.1. The maximum absolute atomic E-state index is 13.9. The highest BCUT2D eigenvalue weighted by Crippen LogP contribution is 2.45. The molecule has 0 aromatic heterocycles. The monoisotopic (exact) mass is 976 g/mol. The molecule has 18 atom stereocenters. The average molecular weight is 977 g/mol. The van der Waals surface area contributed by atoms with Gasteiger partial charge < -0.3 is 98.4 Å². The molecule has 10 N–H and O–H groups in total. The van der Waals surface area contributed by atoms with E-state index in [9.17, 15) is 70.2 Å². The summed E-state index contributed by atoms with van der Waals surface area (Å²) >= 11 is 0. The zero-order valence-corrected chi connectivity index (χ0v) is 38.1. The van der Waals surface area contributed by atoms with Gasteiger partial charge in [-0.25, -0.2) is 9.59 Å². The highest BCUT2D eigenvalue weighted by atomic mass is 16.8. The van der Waals surface area contributed by atoms with Crippen LogP contribution in [0.25, 0.3) is 0 Å². The van der Waals surface area contributed by atoms with Crippen molar-refractivity contribution >= 4 is 23.9 Å². The standard InChI is InChI=1S/C44H64O24/c1-6-20-23(26(39(57)59-4)16-62-41(20)67-43-37(55)35(53)33(51)29(13-47)65-43)9-31(49)61-15-25-18(3)28(8-22(25)19(11-45)12-46)64-32(50)10-24-21(7-2)42(63-17-27(24)40(58)60-5)68-44-38(56)36(54)34(52)30(14-48)66-44/h6-7,16-19,22-25,28-30,33-38,41-48,51-56H,8-15H2,1-5H3/b20-6-,21-7-/t18-,22-,23-,24-,25+,28-,29+,30+,33+,34+,35-,36-,37+,38+,41-,42-,43-,44-/m0/s1. The number of aliphatic hydroxyl groups excluding tert-OH is 10. The topological polar surface area (TPSA) is 363 Å². The Hall–Kier alpha value is -4.12. The number of hydrogen-bond donors (Lipinski definition) is 10. The quantitative estimate of drug-likeness (QED) is 0.0365. The Bertz CT molecular complexity index is 1860. The van der Waals surface area contributed by atoms with Crippen molar-refractivity contribution in [3.8, 4) is 0 Å². The van der Waals surface area contributed by atoms with Crippen LogP contribution in [-0.4, -0.2) is 202 Å². The number of hydrogen-bond acceptors (Lipinski definition) is 24. The first kappa shape index (κ1) is 54.8. The predicted octanol–water partition coefficient (Wildman–Crippen LogP) is -3.32. The van der Waals surface area contributed by atoms with Gasteiger partial charge in [0.25, 0.3) is 0 Å². The average Bonchev–Trinajstić information content (AvgIpc) is 3.63. The largest absolute Gasteiger partial charge is 0.468 e. The fraction of sp³-hybridized carbons (Fsp3) is 0.727. The van der Waals surface area contributed by atoms with Crippen molar-refractivity contribution in [1.29, 1.82) is 0 Å². The molecule has 5 rings (SSSR count). The van der Waals surface area contributed by atoms with Gasteiger partial charge in [-0.15, -0.1) is 0 Å². The first-order valence-electron chi connectivity index (χ1n) is 22.1. The Morgan fingerprint density at radius 1 is 0.676 bits per heavy atom. The lowest BCUT2D eigenvalue weighted by Gasteiger charge is -2.42. The minimum Gasteiger partial charge on any atom is -0.468 e. The van der Waals surface area contributed by atoms with E-state index in [2.05, 4.69) is 0 Å². The molecule has 0 aromatic carbocycles. The number of aliphatic hydroxyl groups is 10. The lowest BCUT2D eigenvalue weighted by atomic mass is 9.82. The minimum absolute atomic E-state index is 0.100. The van der Waals surface area contributed by atoms with E-state index >= 15 is 0 Å². The SMILES string of the molecule is C/C=C1\[C@H](O[C@@H]2O[C@H](CO)[C@@H](O)[C@H](O)[C@H]2O)OC=C(C(=O)OC)[C@H]1CC(=O)OC[C@@H]1[C@H](C)[C@@H](OC(=O)C[C@@H]2C(C(=O)OC)=CO[C@@H](O[C@@H]3O[C@H](CO)[C@@H](O)[C@H](O)[C@H]3O)/C2=C\C)C[C@H]1C(CO)CO. The molecule has 0 unspecified atom stereocenters. The van der Waals surface area contributed by atoms with Gasteiger partial charge in [0.15, 0.2) is 12.6 Å². The van der Waals surface area contributed by atoms with Gasteiger partial charge in [-0.1, -0.05) is 19.1 Å².